The SMILES string of the molecule is CCCCCCCC[N+](CC(C)O)(CC(C)O)CC(C)O. The maximum absolute atomic E-state index is 9.81. The summed E-state index contributed by atoms with van der Waals surface area (Å²) in [6, 6.07) is 0. The van der Waals surface area contributed by atoms with Gasteiger partial charge in [0.25, 0.3) is 0 Å². The molecule has 0 saturated heterocycles. The number of hydrogen-bond acceptors (Lipinski definition) is 3. The van der Waals surface area contributed by atoms with E-state index in [9.17, 15) is 15.3 Å². The number of aliphatic hydroxyl groups is 3. The summed E-state index contributed by atoms with van der Waals surface area (Å²) in [4.78, 5) is 0. The van der Waals surface area contributed by atoms with Crippen molar-refractivity contribution in [3.8, 4) is 0 Å². The van der Waals surface area contributed by atoms with E-state index < -0.39 is 18.3 Å². The first-order chi connectivity index (χ1) is 9.81. The summed E-state index contributed by atoms with van der Waals surface area (Å²) >= 11 is 0. The summed E-state index contributed by atoms with van der Waals surface area (Å²) in [5, 5.41) is 29.4. The smallest absolute Gasteiger partial charge is 0.105 e. The Morgan fingerprint density at radius 3 is 1.43 bits per heavy atom. The summed E-state index contributed by atoms with van der Waals surface area (Å²) in [7, 11) is 0. The van der Waals surface area contributed by atoms with Gasteiger partial charge in [-0.2, -0.15) is 0 Å². The lowest BCUT2D eigenvalue weighted by atomic mass is 10.1. The predicted molar refractivity (Wildman–Crippen MR) is 88.1 cm³/mol. The van der Waals surface area contributed by atoms with Gasteiger partial charge in [0.2, 0.25) is 0 Å². The molecule has 0 saturated carbocycles. The summed E-state index contributed by atoms with van der Waals surface area (Å²) in [6.07, 6.45) is 6.15. The second kappa shape index (κ2) is 11.4. The minimum atomic E-state index is -0.414. The fourth-order valence-electron chi connectivity index (χ4n) is 3.41. The van der Waals surface area contributed by atoms with E-state index in [1.807, 2.05) is 0 Å². The third kappa shape index (κ3) is 11.1. The van der Waals surface area contributed by atoms with E-state index in [-0.39, 0.29) is 0 Å². The molecular formula is C17H38NO3+. The monoisotopic (exact) mass is 304 g/mol. The molecule has 3 atom stereocenters. The lowest BCUT2D eigenvalue weighted by Gasteiger charge is -2.41. The predicted octanol–water partition coefficient (Wildman–Crippen LogP) is 2.31. The summed E-state index contributed by atoms with van der Waals surface area (Å²) < 4.78 is 0.612. The van der Waals surface area contributed by atoms with Crippen LogP contribution in [-0.4, -0.2) is 64.3 Å². The maximum Gasteiger partial charge on any atom is 0.105 e. The topological polar surface area (TPSA) is 60.7 Å². The summed E-state index contributed by atoms with van der Waals surface area (Å²) in [6.45, 7) is 10.3. The zero-order valence-electron chi connectivity index (χ0n) is 14.6. The van der Waals surface area contributed by atoms with Crippen molar-refractivity contribution in [3.63, 3.8) is 0 Å². The fourth-order valence-corrected chi connectivity index (χ4v) is 3.41. The number of quaternary nitrogens is 1. The lowest BCUT2D eigenvalue weighted by molar-refractivity contribution is -0.936. The van der Waals surface area contributed by atoms with Crippen molar-refractivity contribution in [3.05, 3.63) is 0 Å². The van der Waals surface area contributed by atoms with Crippen LogP contribution in [0.25, 0.3) is 0 Å². The van der Waals surface area contributed by atoms with Crippen molar-refractivity contribution < 1.29 is 19.8 Å². The highest BCUT2D eigenvalue weighted by Gasteiger charge is 2.31. The van der Waals surface area contributed by atoms with Crippen molar-refractivity contribution in [1.82, 2.24) is 0 Å². The van der Waals surface area contributed by atoms with Crippen LogP contribution in [0.1, 0.15) is 66.2 Å². The van der Waals surface area contributed by atoms with Gasteiger partial charge in [-0.3, -0.25) is 0 Å². The van der Waals surface area contributed by atoms with Gasteiger partial charge in [0.15, 0.2) is 0 Å². The molecule has 4 nitrogen and oxygen atoms in total. The number of unbranched alkanes of at least 4 members (excludes halogenated alkanes) is 5. The van der Waals surface area contributed by atoms with Crippen molar-refractivity contribution in [2.45, 2.75) is 84.5 Å². The second-order valence-corrected chi connectivity index (χ2v) is 6.93. The van der Waals surface area contributed by atoms with E-state index in [0.717, 1.165) is 13.0 Å². The van der Waals surface area contributed by atoms with Gasteiger partial charge in [0, 0.05) is 0 Å². The zero-order valence-corrected chi connectivity index (χ0v) is 14.6. The molecule has 0 bridgehead atoms. The molecule has 0 radical (unpaired) electrons. The Morgan fingerprint density at radius 2 is 1.05 bits per heavy atom. The van der Waals surface area contributed by atoms with Crippen molar-refractivity contribution >= 4 is 0 Å². The van der Waals surface area contributed by atoms with E-state index in [4.69, 9.17) is 0 Å². The van der Waals surface area contributed by atoms with Crippen LogP contribution in [0, 0.1) is 0 Å². The van der Waals surface area contributed by atoms with Gasteiger partial charge in [-0.05, 0) is 33.6 Å². The standard InChI is InChI=1S/C17H38NO3/c1-5-6-7-8-9-10-11-18(12-15(2)19,13-16(3)20)14-17(4)21/h15-17,19-21H,5-14H2,1-4H3/q+1. The van der Waals surface area contributed by atoms with Crippen molar-refractivity contribution in [2.75, 3.05) is 26.2 Å². The molecule has 0 aliphatic heterocycles. The normalized spacial score (nSPS) is 19.0. The minimum absolute atomic E-state index is 0.414. The number of aliphatic hydroxyl groups excluding tert-OH is 3. The minimum Gasteiger partial charge on any atom is -0.388 e. The fraction of sp³-hybridized carbons (Fsp3) is 1.00. The van der Waals surface area contributed by atoms with Gasteiger partial charge in [-0.1, -0.05) is 32.6 Å². The van der Waals surface area contributed by atoms with Gasteiger partial charge in [0.05, 0.1) is 6.54 Å². The second-order valence-electron chi connectivity index (χ2n) is 6.93. The van der Waals surface area contributed by atoms with Gasteiger partial charge < -0.3 is 19.8 Å². The van der Waals surface area contributed by atoms with Crippen LogP contribution in [0.2, 0.25) is 0 Å². The van der Waals surface area contributed by atoms with E-state index in [1.54, 1.807) is 20.8 Å². The molecule has 4 heteroatoms. The highest BCUT2D eigenvalue weighted by molar-refractivity contribution is 4.58. The van der Waals surface area contributed by atoms with Gasteiger partial charge in [-0.25, -0.2) is 0 Å². The largest absolute Gasteiger partial charge is 0.388 e. The van der Waals surface area contributed by atoms with E-state index in [1.165, 1.54) is 32.1 Å². The molecule has 0 aliphatic rings. The molecule has 0 amide bonds. The van der Waals surface area contributed by atoms with Crippen LogP contribution in [0.3, 0.4) is 0 Å². The Bertz CT molecular complexity index is 216. The third-order valence-corrected chi connectivity index (χ3v) is 3.94. The van der Waals surface area contributed by atoms with Crippen LogP contribution in [0.15, 0.2) is 0 Å². The molecule has 21 heavy (non-hydrogen) atoms. The van der Waals surface area contributed by atoms with Crippen LogP contribution >= 0.6 is 0 Å². The molecule has 0 aromatic carbocycles. The van der Waals surface area contributed by atoms with Crippen LogP contribution in [-0.2, 0) is 0 Å². The Hall–Kier alpha value is -0.160. The molecule has 0 aliphatic carbocycles. The average molecular weight is 304 g/mol. The summed E-state index contributed by atoms with van der Waals surface area (Å²) in [5.74, 6) is 0. The lowest BCUT2D eigenvalue weighted by Crippen LogP contribution is -2.58. The molecular weight excluding hydrogens is 266 g/mol. The van der Waals surface area contributed by atoms with Gasteiger partial charge >= 0.3 is 0 Å². The van der Waals surface area contributed by atoms with Crippen LogP contribution in [0.5, 0.6) is 0 Å². The third-order valence-electron chi connectivity index (χ3n) is 3.94. The van der Waals surface area contributed by atoms with Gasteiger partial charge in [0.1, 0.15) is 37.9 Å². The Morgan fingerprint density at radius 1 is 0.667 bits per heavy atom. The van der Waals surface area contributed by atoms with Crippen LogP contribution in [0.4, 0.5) is 0 Å². The molecule has 0 spiro atoms. The Labute approximate surface area is 131 Å². The summed E-state index contributed by atoms with van der Waals surface area (Å²) in [5.41, 5.74) is 0. The highest BCUT2D eigenvalue weighted by Crippen LogP contribution is 2.16. The maximum atomic E-state index is 9.81. The first-order valence-corrected chi connectivity index (χ1v) is 8.70. The van der Waals surface area contributed by atoms with Crippen LogP contribution < -0.4 is 0 Å². The van der Waals surface area contributed by atoms with Crippen molar-refractivity contribution in [2.24, 2.45) is 0 Å². The van der Waals surface area contributed by atoms with E-state index >= 15 is 0 Å². The average Bonchev–Trinajstić information content (AvgIpc) is 2.30. The highest BCUT2D eigenvalue weighted by atomic mass is 16.3. The number of nitrogens with zero attached hydrogens (tertiary/aromatic N) is 1. The van der Waals surface area contributed by atoms with Gasteiger partial charge in [-0.15, -0.1) is 0 Å². The molecule has 0 rings (SSSR count). The number of rotatable bonds is 13. The molecule has 0 fully saturated rings. The quantitative estimate of drug-likeness (QED) is 0.361. The Balaban J connectivity index is 4.51. The van der Waals surface area contributed by atoms with E-state index in [0.29, 0.717) is 24.1 Å². The number of hydrogen-bond donors (Lipinski definition) is 3. The van der Waals surface area contributed by atoms with E-state index in [2.05, 4.69) is 6.92 Å². The van der Waals surface area contributed by atoms with Crippen molar-refractivity contribution in [1.29, 1.82) is 0 Å². The molecule has 0 aromatic heterocycles. The first kappa shape index (κ1) is 20.8. The molecule has 0 aromatic rings. The molecule has 0 heterocycles. The molecule has 3 unspecified atom stereocenters. The molecule has 3 N–H and O–H groups in total. The zero-order chi connectivity index (χ0) is 16.3. The first-order valence-electron chi connectivity index (χ1n) is 8.70. The Kier molecular flexibility index (Phi) is 11.3. The molecule has 128 valence electrons.